The number of hydrogen-bond donors (Lipinski definition) is 0. The molecule has 2 aromatic carbocycles. The zero-order chi connectivity index (χ0) is 21.5. The number of ether oxygens (including phenoxy) is 1. The van der Waals surface area contributed by atoms with Crippen LogP contribution in [0.2, 0.25) is 5.02 Å². The first-order chi connectivity index (χ1) is 14.2. The Balaban J connectivity index is 1.85. The molecule has 3 aromatic rings. The fraction of sp³-hybridized carbons (Fsp3) is 0.286. The highest BCUT2D eigenvalue weighted by atomic mass is 35.5. The summed E-state index contributed by atoms with van der Waals surface area (Å²) in [5.74, 6) is -0.161. The summed E-state index contributed by atoms with van der Waals surface area (Å²) in [4.78, 5) is 6.19. The number of anilines is 1. The topological polar surface area (TPSA) is 72.6 Å². The second-order valence-electron chi connectivity index (χ2n) is 7.26. The maximum absolute atomic E-state index is 13.4. The van der Waals surface area contributed by atoms with Gasteiger partial charge in [0.1, 0.15) is 5.82 Å². The van der Waals surface area contributed by atoms with Crippen molar-refractivity contribution in [3.8, 4) is 11.5 Å². The quantitative estimate of drug-likeness (QED) is 0.579. The van der Waals surface area contributed by atoms with Crippen LogP contribution in [0.4, 0.5) is 10.3 Å². The molecule has 0 aliphatic carbocycles. The normalized spacial score (nSPS) is 19.8. The number of rotatable bonds is 4. The predicted molar refractivity (Wildman–Crippen MR) is 111 cm³/mol. The van der Waals surface area contributed by atoms with Gasteiger partial charge in [-0.25, -0.2) is 12.8 Å². The monoisotopic (exact) mass is 450 g/mol. The molecule has 1 fully saturated rings. The number of halogens is 2. The molecule has 2 atom stereocenters. The van der Waals surface area contributed by atoms with Gasteiger partial charge < -0.3 is 14.1 Å². The van der Waals surface area contributed by atoms with Crippen molar-refractivity contribution in [2.75, 3.05) is 18.0 Å². The van der Waals surface area contributed by atoms with Crippen molar-refractivity contribution in [3.63, 3.8) is 0 Å². The fourth-order valence-corrected chi connectivity index (χ4v) is 4.91. The molecule has 9 heteroatoms. The van der Waals surface area contributed by atoms with Crippen molar-refractivity contribution in [2.24, 2.45) is 0 Å². The van der Waals surface area contributed by atoms with Gasteiger partial charge in [-0.1, -0.05) is 11.6 Å². The molecule has 1 aliphatic rings. The summed E-state index contributed by atoms with van der Waals surface area (Å²) < 4.78 is 51.8. The van der Waals surface area contributed by atoms with E-state index in [0.29, 0.717) is 23.7 Å². The van der Waals surface area contributed by atoms with Gasteiger partial charge >= 0.3 is 0 Å². The lowest BCUT2D eigenvalue weighted by molar-refractivity contribution is -0.00657. The fourth-order valence-electron chi connectivity index (χ4n) is 3.46. The summed E-state index contributed by atoms with van der Waals surface area (Å²) in [6, 6.07) is 11.4. The SMILES string of the molecule is C[C@H]1CN(c2oc(-c3ccc(F)cc3)nc2S(=O)(=O)c2ccc(Cl)cc2)C[C@H](C)O1. The molecule has 0 amide bonds. The Labute approximate surface area is 179 Å². The first kappa shape index (κ1) is 20.8. The largest absolute Gasteiger partial charge is 0.419 e. The molecule has 0 unspecified atom stereocenters. The molecule has 2 heterocycles. The molecule has 0 radical (unpaired) electrons. The van der Waals surface area contributed by atoms with Crippen molar-refractivity contribution >= 4 is 27.3 Å². The van der Waals surface area contributed by atoms with Crippen LogP contribution < -0.4 is 4.90 Å². The second kappa shape index (κ2) is 8.02. The molecule has 1 aliphatic heterocycles. The molecule has 4 rings (SSSR count). The Morgan fingerprint density at radius 2 is 1.63 bits per heavy atom. The molecule has 1 saturated heterocycles. The Kier molecular flexibility index (Phi) is 5.57. The van der Waals surface area contributed by atoms with Crippen molar-refractivity contribution in [1.82, 2.24) is 4.98 Å². The van der Waals surface area contributed by atoms with E-state index in [1.807, 2.05) is 18.7 Å². The Bertz CT molecular complexity index is 1140. The highest BCUT2D eigenvalue weighted by molar-refractivity contribution is 7.91. The van der Waals surface area contributed by atoms with Gasteiger partial charge in [0.05, 0.1) is 17.1 Å². The summed E-state index contributed by atoms with van der Waals surface area (Å²) in [5.41, 5.74) is 0.476. The van der Waals surface area contributed by atoms with Gasteiger partial charge in [-0.15, -0.1) is 0 Å². The van der Waals surface area contributed by atoms with E-state index < -0.39 is 15.7 Å². The summed E-state index contributed by atoms with van der Waals surface area (Å²) in [5, 5.41) is 0.239. The van der Waals surface area contributed by atoms with E-state index in [0.717, 1.165) is 0 Å². The molecule has 6 nitrogen and oxygen atoms in total. The van der Waals surface area contributed by atoms with Gasteiger partial charge in [0.25, 0.3) is 0 Å². The third-order valence-electron chi connectivity index (χ3n) is 4.76. The highest BCUT2D eigenvalue weighted by Gasteiger charge is 2.34. The van der Waals surface area contributed by atoms with E-state index in [2.05, 4.69) is 4.98 Å². The van der Waals surface area contributed by atoms with E-state index in [1.165, 1.54) is 48.5 Å². The molecule has 0 N–H and O–H groups in total. The maximum Gasteiger partial charge on any atom is 0.236 e. The van der Waals surface area contributed by atoms with E-state index in [1.54, 1.807) is 0 Å². The van der Waals surface area contributed by atoms with Crippen molar-refractivity contribution in [3.05, 3.63) is 59.4 Å². The van der Waals surface area contributed by atoms with Gasteiger partial charge in [-0.05, 0) is 62.4 Å². The number of aromatic nitrogens is 1. The van der Waals surface area contributed by atoms with Crippen molar-refractivity contribution in [2.45, 2.75) is 36.0 Å². The predicted octanol–water partition coefficient (Wildman–Crippen LogP) is 4.58. The maximum atomic E-state index is 13.4. The zero-order valence-electron chi connectivity index (χ0n) is 16.4. The summed E-state index contributed by atoms with van der Waals surface area (Å²) in [7, 11) is -3.99. The van der Waals surface area contributed by atoms with Crippen LogP contribution >= 0.6 is 11.6 Å². The molecule has 158 valence electrons. The van der Waals surface area contributed by atoms with Crippen LogP contribution in [0.3, 0.4) is 0 Å². The van der Waals surface area contributed by atoms with Crippen molar-refractivity contribution < 1.29 is 22.0 Å². The smallest absolute Gasteiger partial charge is 0.236 e. The average molecular weight is 451 g/mol. The molecular weight excluding hydrogens is 431 g/mol. The molecular formula is C21H20ClFN2O4S. The van der Waals surface area contributed by atoms with E-state index in [9.17, 15) is 12.8 Å². The minimum Gasteiger partial charge on any atom is -0.419 e. The lowest BCUT2D eigenvalue weighted by Crippen LogP contribution is -2.45. The van der Waals surface area contributed by atoms with Crippen LogP contribution in [0.15, 0.2) is 62.9 Å². The molecule has 0 saturated carbocycles. The Hall–Kier alpha value is -2.42. The first-order valence-corrected chi connectivity index (χ1v) is 11.3. The van der Waals surface area contributed by atoms with Gasteiger partial charge in [0.15, 0.2) is 0 Å². The second-order valence-corrected chi connectivity index (χ2v) is 9.56. The number of benzene rings is 2. The molecule has 1 aromatic heterocycles. The molecule has 0 spiro atoms. The average Bonchev–Trinajstić information content (AvgIpc) is 3.14. The minimum absolute atomic E-state index is 0.0569. The van der Waals surface area contributed by atoms with Gasteiger partial charge in [-0.3, -0.25) is 0 Å². The van der Waals surface area contributed by atoms with Gasteiger partial charge in [0, 0.05) is 23.7 Å². The van der Waals surface area contributed by atoms with E-state index in [-0.39, 0.29) is 33.9 Å². The Morgan fingerprint density at radius 1 is 1.03 bits per heavy atom. The van der Waals surface area contributed by atoms with Crippen LogP contribution in [0.25, 0.3) is 11.5 Å². The molecule has 0 bridgehead atoms. The minimum atomic E-state index is -3.99. The number of morpholine rings is 1. The number of nitrogens with zero attached hydrogens (tertiary/aromatic N) is 2. The lowest BCUT2D eigenvalue weighted by atomic mass is 10.2. The van der Waals surface area contributed by atoms with Crippen LogP contribution in [-0.2, 0) is 14.6 Å². The summed E-state index contributed by atoms with van der Waals surface area (Å²) >= 11 is 5.91. The number of sulfone groups is 1. The van der Waals surface area contributed by atoms with Crippen LogP contribution in [-0.4, -0.2) is 38.7 Å². The number of hydrogen-bond acceptors (Lipinski definition) is 6. The standard InChI is InChI=1S/C21H20ClFN2O4S/c1-13-11-25(12-14(2)28-13)21-20(30(26,27)18-9-5-16(22)6-10-18)24-19(29-21)15-3-7-17(23)8-4-15/h3-10,13-14H,11-12H2,1-2H3/t13-,14-/m0/s1. The zero-order valence-corrected chi connectivity index (χ0v) is 18.0. The van der Waals surface area contributed by atoms with Gasteiger partial charge in [0.2, 0.25) is 26.6 Å². The van der Waals surface area contributed by atoms with Crippen LogP contribution in [0.1, 0.15) is 13.8 Å². The third kappa shape index (κ3) is 4.08. The van der Waals surface area contributed by atoms with Crippen molar-refractivity contribution in [1.29, 1.82) is 0 Å². The van der Waals surface area contributed by atoms with Gasteiger partial charge in [-0.2, -0.15) is 4.98 Å². The number of oxazole rings is 1. The third-order valence-corrected chi connectivity index (χ3v) is 6.68. The van der Waals surface area contributed by atoms with Crippen LogP contribution in [0.5, 0.6) is 0 Å². The summed E-state index contributed by atoms with van der Waals surface area (Å²) in [6.07, 6.45) is -0.224. The first-order valence-electron chi connectivity index (χ1n) is 9.42. The van der Waals surface area contributed by atoms with E-state index >= 15 is 0 Å². The lowest BCUT2D eigenvalue weighted by Gasteiger charge is -2.35. The summed E-state index contributed by atoms with van der Waals surface area (Å²) in [6.45, 7) is 4.72. The highest BCUT2D eigenvalue weighted by Crippen LogP contribution is 2.36. The molecule has 30 heavy (non-hydrogen) atoms. The van der Waals surface area contributed by atoms with E-state index in [4.69, 9.17) is 20.8 Å². The van der Waals surface area contributed by atoms with Crippen LogP contribution in [0, 0.1) is 5.82 Å². The Morgan fingerprint density at radius 3 is 2.23 bits per heavy atom.